The summed E-state index contributed by atoms with van der Waals surface area (Å²) in [5.74, 6) is 1.81. The zero-order valence-corrected chi connectivity index (χ0v) is 11.6. The molecule has 0 aliphatic heterocycles. The van der Waals surface area contributed by atoms with E-state index in [0.29, 0.717) is 22.4 Å². The molecule has 0 saturated carbocycles. The van der Waals surface area contributed by atoms with Gasteiger partial charge in [-0.15, -0.1) is 16.9 Å². The summed E-state index contributed by atoms with van der Waals surface area (Å²) < 4.78 is 5.09. The van der Waals surface area contributed by atoms with Crippen LogP contribution in [0.1, 0.15) is 5.82 Å². The van der Waals surface area contributed by atoms with E-state index in [0.717, 1.165) is 4.90 Å². The Morgan fingerprint density at radius 2 is 2.15 bits per heavy atom. The number of halogens is 1. The second kappa shape index (κ2) is 5.51. The van der Waals surface area contributed by atoms with Gasteiger partial charge in [-0.25, -0.2) is 0 Å². The number of nitrogen functional groups attached to an aromatic ring is 1. The van der Waals surface area contributed by atoms with Crippen LogP contribution >= 0.6 is 23.4 Å². The molecule has 0 bridgehead atoms. The number of H-pyrrole nitrogens is 1. The molecule has 102 valence electrons. The first-order chi connectivity index (χ1) is 9.72. The molecule has 7 nitrogen and oxygen atoms in total. The molecule has 9 heteroatoms. The second-order valence-electron chi connectivity index (χ2n) is 3.78. The molecule has 0 amide bonds. The number of hydrogen-bond acceptors (Lipinski definition) is 7. The highest BCUT2D eigenvalue weighted by molar-refractivity contribution is 7.98. The highest BCUT2D eigenvalue weighted by atomic mass is 35.5. The maximum absolute atomic E-state index is 6.07. The number of benzene rings is 1. The Kier molecular flexibility index (Phi) is 3.57. The highest BCUT2D eigenvalue weighted by Gasteiger charge is 2.13. The van der Waals surface area contributed by atoms with Gasteiger partial charge in [0.05, 0.1) is 10.8 Å². The van der Waals surface area contributed by atoms with E-state index in [1.165, 1.54) is 11.8 Å². The van der Waals surface area contributed by atoms with Crippen LogP contribution < -0.4 is 5.73 Å². The van der Waals surface area contributed by atoms with Gasteiger partial charge in [-0.2, -0.15) is 9.97 Å². The highest BCUT2D eigenvalue weighted by Crippen LogP contribution is 2.29. The molecule has 0 fully saturated rings. The van der Waals surface area contributed by atoms with Crippen molar-refractivity contribution in [2.24, 2.45) is 0 Å². The van der Waals surface area contributed by atoms with Gasteiger partial charge in [0.2, 0.25) is 11.8 Å². The van der Waals surface area contributed by atoms with Gasteiger partial charge in [-0.05, 0) is 12.1 Å². The fraction of sp³-hybridized carbons (Fsp3) is 0.0909. The van der Waals surface area contributed by atoms with E-state index in [2.05, 4.69) is 25.3 Å². The first-order valence-corrected chi connectivity index (χ1v) is 6.97. The maximum Gasteiger partial charge on any atom is 0.295 e. The van der Waals surface area contributed by atoms with E-state index in [9.17, 15) is 0 Å². The van der Waals surface area contributed by atoms with Crippen molar-refractivity contribution in [3.63, 3.8) is 0 Å². The Balaban J connectivity index is 1.70. The molecular formula is C11H9ClN6OS. The number of rotatable bonds is 4. The van der Waals surface area contributed by atoms with E-state index in [-0.39, 0.29) is 11.8 Å². The van der Waals surface area contributed by atoms with Gasteiger partial charge >= 0.3 is 0 Å². The smallest absolute Gasteiger partial charge is 0.295 e. The van der Waals surface area contributed by atoms with Crippen molar-refractivity contribution in [2.75, 3.05) is 5.73 Å². The zero-order chi connectivity index (χ0) is 13.9. The molecule has 3 N–H and O–H groups in total. The number of thioether (sulfide) groups is 1. The normalized spacial score (nSPS) is 10.8. The van der Waals surface area contributed by atoms with Gasteiger partial charge in [0.1, 0.15) is 0 Å². The fourth-order valence-electron chi connectivity index (χ4n) is 1.48. The van der Waals surface area contributed by atoms with Crippen molar-refractivity contribution in [1.82, 2.24) is 25.3 Å². The maximum atomic E-state index is 6.07. The van der Waals surface area contributed by atoms with Crippen LogP contribution in [0.5, 0.6) is 0 Å². The third kappa shape index (κ3) is 2.75. The quantitative estimate of drug-likeness (QED) is 0.712. The minimum Gasteiger partial charge on any atom is -0.366 e. The Bertz CT molecular complexity index is 727. The molecule has 0 radical (unpaired) electrons. The number of nitrogens with two attached hydrogens (primary N) is 1. The van der Waals surface area contributed by atoms with Crippen LogP contribution in [0.3, 0.4) is 0 Å². The van der Waals surface area contributed by atoms with Crippen LogP contribution in [0.4, 0.5) is 5.95 Å². The molecule has 20 heavy (non-hydrogen) atoms. The van der Waals surface area contributed by atoms with Crippen LogP contribution in [0.25, 0.3) is 11.7 Å². The Labute approximate surface area is 122 Å². The van der Waals surface area contributed by atoms with Gasteiger partial charge in [0.15, 0.2) is 5.82 Å². The number of nitrogens with zero attached hydrogens (tertiary/aromatic N) is 4. The summed E-state index contributed by atoms with van der Waals surface area (Å²) in [6.45, 7) is 0. The van der Waals surface area contributed by atoms with Gasteiger partial charge in [-0.1, -0.05) is 28.9 Å². The number of nitrogens with one attached hydrogen (secondary N) is 1. The van der Waals surface area contributed by atoms with Crippen molar-refractivity contribution in [2.45, 2.75) is 10.6 Å². The zero-order valence-electron chi connectivity index (χ0n) is 10.1. The Morgan fingerprint density at radius 1 is 1.30 bits per heavy atom. The van der Waals surface area contributed by atoms with Gasteiger partial charge in [0, 0.05) is 4.90 Å². The van der Waals surface area contributed by atoms with E-state index >= 15 is 0 Å². The average Bonchev–Trinajstić information content (AvgIpc) is 3.06. The van der Waals surface area contributed by atoms with Gasteiger partial charge in [0.25, 0.3) is 5.89 Å². The SMILES string of the molecule is Nc1n[nH]c(-c2nc(CSc3ccccc3Cl)no2)n1. The molecule has 2 aromatic heterocycles. The van der Waals surface area contributed by atoms with E-state index < -0.39 is 0 Å². The van der Waals surface area contributed by atoms with Crippen molar-refractivity contribution in [3.05, 3.63) is 35.1 Å². The van der Waals surface area contributed by atoms with Crippen LogP contribution in [-0.4, -0.2) is 25.3 Å². The summed E-state index contributed by atoms with van der Waals surface area (Å²) in [5.41, 5.74) is 5.41. The topological polar surface area (TPSA) is 107 Å². The number of hydrogen-bond donors (Lipinski definition) is 2. The average molecular weight is 309 g/mol. The van der Waals surface area contributed by atoms with Crippen molar-refractivity contribution in [3.8, 4) is 11.7 Å². The first kappa shape index (κ1) is 12.9. The molecule has 3 aromatic rings. The summed E-state index contributed by atoms with van der Waals surface area (Å²) in [5, 5.41) is 10.9. The molecule has 0 saturated heterocycles. The van der Waals surface area contributed by atoms with E-state index in [1.54, 1.807) is 0 Å². The molecule has 0 aliphatic carbocycles. The lowest BCUT2D eigenvalue weighted by Crippen LogP contribution is -1.86. The molecular weight excluding hydrogens is 300 g/mol. The largest absolute Gasteiger partial charge is 0.366 e. The Hall–Kier alpha value is -2.06. The standard InChI is InChI=1S/C11H9ClN6OS/c12-6-3-1-2-4-7(6)20-5-8-14-10(19-18-8)9-15-11(13)17-16-9/h1-4H,5H2,(H3,13,15,16,17). The third-order valence-electron chi connectivity index (χ3n) is 2.37. The predicted molar refractivity (Wildman–Crippen MR) is 75.1 cm³/mol. The number of anilines is 1. The molecule has 2 heterocycles. The van der Waals surface area contributed by atoms with Crippen molar-refractivity contribution in [1.29, 1.82) is 0 Å². The lowest BCUT2D eigenvalue weighted by atomic mass is 10.4. The first-order valence-electron chi connectivity index (χ1n) is 5.60. The van der Waals surface area contributed by atoms with Crippen molar-refractivity contribution >= 4 is 29.3 Å². The Morgan fingerprint density at radius 3 is 2.90 bits per heavy atom. The van der Waals surface area contributed by atoms with Crippen LogP contribution in [-0.2, 0) is 5.75 Å². The molecule has 0 spiro atoms. The summed E-state index contributed by atoms with van der Waals surface area (Å²) >= 11 is 7.60. The molecule has 0 unspecified atom stereocenters. The molecule has 1 aromatic carbocycles. The van der Waals surface area contributed by atoms with E-state index in [4.69, 9.17) is 21.9 Å². The van der Waals surface area contributed by atoms with Crippen LogP contribution in [0.2, 0.25) is 5.02 Å². The molecule has 0 aliphatic rings. The lowest BCUT2D eigenvalue weighted by Gasteiger charge is -2.00. The minimum atomic E-state index is 0.130. The summed E-state index contributed by atoms with van der Waals surface area (Å²) in [6.07, 6.45) is 0. The summed E-state index contributed by atoms with van der Waals surface area (Å²) in [4.78, 5) is 9.08. The summed E-state index contributed by atoms with van der Waals surface area (Å²) in [7, 11) is 0. The summed E-state index contributed by atoms with van der Waals surface area (Å²) in [6, 6.07) is 7.58. The third-order valence-corrected chi connectivity index (χ3v) is 3.88. The second-order valence-corrected chi connectivity index (χ2v) is 5.20. The van der Waals surface area contributed by atoms with Crippen molar-refractivity contribution < 1.29 is 4.52 Å². The monoisotopic (exact) mass is 308 g/mol. The van der Waals surface area contributed by atoms with Crippen LogP contribution in [0, 0.1) is 0 Å². The van der Waals surface area contributed by atoms with Gasteiger partial charge < -0.3 is 10.3 Å². The fourth-order valence-corrected chi connectivity index (χ4v) is 2.57. The predicted octanol–water partition coefficient (Wildman–Crippen LogP) is 2.38. The molecule has 3 rings (SSSR count). The number of aromatic amines is 1. The minimum absolute atomic E-state index is 0.130. The molecule has 0 atom stereocenters. The number of aromatic nitrogens is 5. The van der Waals surface area contributed by atoms with Crippen LogP contribution in [0.15, 0.2) is 33.7 Å². The van der Waals surface area contributed by atoms with E-state index in [1.807, 2.05) is 24.3 Å². The van der Waals surface area contributed by atoms with Gasteiger partial charge in [-0.3, -0.25) is 5.10 Å². The lowest BCUT2D eigenvalue weighted by molar-refractivity contribution is 0.422.